The molecule has 12 aromatic rings. The molecule has 4 nitrogen and oxygen atoms in total. The lowest BCUT2D eigenvalue weighted by Gasteiger charge is -2.30. The highest BCUT2D eigenvalue weighted by Crippen LogP contribution is 2.51. The normalized spacial score (nSPS) is 12.0. The second-order valence-electron chi connectivity index (χ2n) is 18.4. The maximum absolute atomic E-state index is 7.04. The van der Waals surface area contributed by atoms with Gasteiger partial charge in [0.15, 0.2) is 11.2 Å². The van der Waals surface area contributed by atoms with Gasteiger partial charge < -0.3 is 18.6 Å². The van der Waals surface area contributed by atoms with E-state index in [0.29, 0.717) is 0 Å². The first-order chi connectivity index (χ1) is 32.3. The van der Waals surface area contributed by atoms with Crippen LogP contribution in [0.25, 0.3) is 76.2 Å². The number of aryl methyl sites for hydroxylation is 6. The highest BCUT2D eigenvalue weighted by Gasteiger charge is 2.27. The van der Waals surface area contributed by atoms with Gasteiger partial charge in [-0.1, -0.05) is 159 Å². The molecule has 66 heavy (non-hydrogen) atoms. The van der Waals surface area contributed by atoms with Gasteiger partial charge in [0, 0.05) is 43.7 Å². The molecule has 0 N–H and O–H groups in total. The molecule has 2 aromatic heterocycles. The molecule has 0 bridgehead atoms. The van der Waals surface area contributed by atoms with Crippen LogP contribution >= 0.6 is 0 Å². The van der Waals surface area contributed by atoms with Gasteiger partial charge in [0.1, 0.15) is 11.2 Å². The summed E-state index contributed by atoms with van der Waals surface area (Å²) in [7, 11) is 0. The predicted octanol–water partition coefficient (Wildman–Crippen LogP) is 18.5. The van der Waals surface area contributed by atoms with Crippen LogP contribution in [0, 0.1) is 27.7 Å². The zero-order valence-electron chi connectivity index (χ0n) is 38.6. The van der Waals surface area contributed by atoms with Gasteiger partial charge in [0.2, 0.25) is 0 Å². The fourth-order valence-corrected chi connectivity index (χ4v) is 11.1. The maximum Gasteiger partial charge on any atom is 0.159 e. The Morgan fingerprint density at radius 3 is 1.14 bits per heavy atom. The zero-order valence-corrected chi connectivity index (χ0v) is 38.6. The summed E-state index contributed by atoms with van der Waals surface area (Å²) < 4.78 is 14.1. The third-order valence-corrected chi connectivity index (χ3v) is 14.0. The Kier molecular flexibility index (Phi) is 9.43. The van der Waals surface area contributed by atoms with Crippen LogP contribution < -0.4 is 9.80 Å². The lowest BCUT2D eigenvalue weighted by Crippen LogP contribution is -2.13. The number of fused-ring (bicyclic) bond motifs is 6. The Hall–Kier alpha value is -7.56. The van der Waals surface area contributed by atoms with E-state index in [-0.39, 0.29) is 0 Å². The van der Waals surface area contributed by atoms with E-state index in [4.69, 9.17) is 8.83 Å². The molecular formula is C62H52N2O2. The van der Waals surface area contributed by atoms with Crippen LogP contribution in [0.1, 0.15) is 60.1 Å². The van der Waals surface area contributed by atoms with E-state index in [9.17, 15) is 0 Å². The van der Waals surface area contributed by atoms with Crippen LogP contribution in [-0.2, 0) is 12.8 Å². The molecule has 0 aliphatic rings. The van der Waals surface area contributed by atoms with E-state index in [2.05, 4.69) is 209 Å². The smallest absolute Gasteiger partial charge is 0.159 e. The number of hydrogen-bond donors (Lipinski definition) is 0. The first-order valence-corrected chi connectivity index (χ1v) is 23.6. The Labute approximate surface area is 385 Å². The van der Waals surface area contributed by atoms with E-state index in [0.717, 1.165) is 104 Å². The van der Waals surface area contributed by atoms with Crippen molar-refractivity contribution in [2.24, 2.45) is 0 Å². The van der Waals surface area contributed by atoms with Gasteiger partial charge in [0.05, 0.1) is 22.7 Å². The Morgan fingerprint density at radius 1 is 0.348 bits per heavy atom. The second-order valence-corrected chi connectivity index (χ2v) is 18.4. The van der Waals surface area contributed by atoms with Crippen LogP contribution in [-0.4, -0.2) is 0 Å². The fourth-order valence-electron chi connectivity index (χ4n) is 11.1. The number of para-hydroxylation sites is 4. The molecule has 0 atom stereocenters. The average Bonchev–Trinajstić information content (AvgIpc) is 3.91. The largest absolute Gasteiger partial charge is 0.454 e. The molecule has 0 saturated heterocycles. The van der Waals surface area contributed by atoms with Crippen LogP contribution in [0.5, 0.6) is 0 Å². The van der Waals surface area contributed by atoms with E-state index in [1.807, 2.05) is 0 Å². The molecule has 0 spiro atoms. The standard InChI is InChI=1S/C62H52N2O2/c1-7-13-43-15-9-17-45-47-19-11-21-55(61(47)65-59(43)45)63(51-31-23-37(3)35-39(51)5)53-33-27-41-26-30-50-54(34-28-42-25-29-49(53)57(41)58(42)50)64(52-32-24-38(4)36-40(52)6)56-22-12-20-48-46-18-10-16-44(14-8-2)60(46)66-62(48)56/h9-12,15-36H,7-8,13-14H2,1-6H3. The summed E-state index contributed by atoms with van der Waals surface area (Å²) in [5.41, 5.74) is 17.7. The maximum atomic E-state index is 7.04. The molecule has 0 saturated carbocycles. The molecule has 0 unspecified atom stereocenters. The molecule has 0 radical (unpaired) electrons. The lowest BCUT2D eigenvalue weighted by molar-refractivity contribution is 0.661. The van der Waals surface area contributed by atoms with Gasteiger partial charge in [-0.2, -0.15) is 0 Å². The van der Waals surface area contributed by atoms with Crippen molar-refractivity contribution in [2.45, 2.75) is 67.2 Å². The Morgan fingerprint density at radius 2 is 0.727 bits per heavy atom. The summed E-state index contributed by atoms with van der Waals surface area (Å²) in [6.07, 6.45) is 4.05. The van der Waals surface area contributed by atoms with E-state index in [1.54, 1.807) is 0 Å². The number of hydrogen-bond acceptors (Lipinski definition) is 4. The molecule has 12 rings (SSSR count). The van der Waals surface area contributed by atoms with Crippen molar-refractivity contribution in [3.05, 3.63) is 191 Å². The van der Waals surface area contributed by atoms with Crippen molar-refractivity contribution in [3.8, 4) is 0 Å². The van der Waals surface area contributed by atoms with E-state index < -0.39 is 0 Å². The second kappa shape index (κ2) is 15.6. The Bertz CT molecular complexity index is 3610. The molecule has 322 valence electrons. The van der Waals surface area contributed by atoms with Crippen molar-refractivity contribution in [1.29, 1.82) is 0 Å². The van der Waals surface area contributed by atoms with E-state index in [1.165, 1.54) is 65.7 Å². The fraction of sp³-hybridized carbons (Fsp3) is 0.161. The SMILES string of the molecule is CCCc1cccc2c1oc1c(N(c3ccc(C)cc3C)c3ccc4ccc5c(N(c6ccc(C)cc6C)c6cccc7c6oc6c(CCC)cccc67)ccc6ccc3c4c65)cccc12. The molecule has 4 heteroatoms. The Balaban J connectivity index is 1.13. The molecule has 0 amide bonds. The van der Waals surface area contributed by atoms with Crippen molar-refractivity contribution in [1.82, 2.24) is 0 Å². The summed E-state index contributed by atoms with van der Waals surface area (Å²) in [6.45, 7) is 13.3. The lowest BCUT2D eigenvalue weighted by atomic mass is 9.91. The predicted molar refractivity (Wildman–Crippen MR) is 281 cm³/mol. The molecule has 0 aliphatic heterocycles. The third kappa shape index (κ3) is 6.11. The van der Waals surface area contributed by atoms with Gasteiger partial charge in [-0.15, -0.1) is 0 Å². The van der Waals surface area contributed by atoms with Crippen molar-refractivity contribution >= 4 is 110 Å². The van der Waals surface area contributed by atoms with Crippen molar-refractivity contribution in [2.75, 3.05) is 9.80 Å². The minimum absolute atomic E-state index is 0.898. The van der Waals surface area contributed by atoms with Crippen LogP contribution in [0.15, 0.2) is 167 Å². The number of anilines is 6. The molecule has 10 aromatic carbocycles. The summed E-state index contributed by atoms with van der Waals surface area (Å²) in [4.78, 5) is 4.89. The number of furan rings is 2. The van der Waals surface area contributed by atoms with Crippen molar-refractivity contribution in [3.63, 3.8) is 0 Å². The topological polar surface area (TPSA) is 32.8 Å². The third-order valence-electron chi connectivity index (χ3n) is 14.0. The minimum atomic E-state index is 0.898. The molecule has 0 aliphatic carbocycles. The zero-order chi connectivity index (χ0) is 44.8. The van der Waals surface area contributed by atoms with Gasteiger partial charge in [0.25, 0.3) is 0 Å². The monoisotopic (exact) mass is 856 g/mol. The van der Waals surface area contributed by atoms with Gasteiger partial charge in [-0.05, 0) is 121 Å². The summed E-state index contributed by atoms with van der Waals surface area (Å²) >= 11 is 0. The number of rotatable bonds is 10. The highest BCUT2D eigenvalue weighted by molar-refractivity contribution is 6.29. The van der Waals surface area contributed by atoms with Gasteiger partial charge in [-0.3, -0.25) is 0 Å². The van der Waals surface area contributed by atoms with Gasteiger partial charge in [-0.25, -0.2) is 0 Å². The quantitative estimate of drug-likeness (QED) is 0.128. The first-order valence-electron chi connectivity index (χ1n) is 23.6. The number of benzene rings is 10. The average molecular weight is 857 g/mol. The molecule has 2 heterocycles. The number of nitrogens with zero attached hydrogens (tertiary/aromatic N) is 2. The van der Waals surface area contributed by atoms with Gasteiger partial charge >= 0.3 is 0 Å². The van der Waals surface area contributed by atoms with Crippen LogP contribution in [0.3, 0.4) is 0 Å². The minimum Gasteiger partial charge on any atom is -0.454 e. The van der Waals surface area contributed by atoms with Crippen LogP contribution in [0.4, 0.5) is 34.1 Å². The van der Waals surface area contributed by atoms with Crippen LogP contribution in [0.2, 0.25) is 0 Å². The first kappa shape index (κ1) is 40.0. The molecular weight excluding hydrogens is 805 g/mol. The summed E-state index contributed by atoms with van der Waals surface area (Å²) in [5.74, 6) is 0. The molecule has 0 fully saturated rings. The van der Waals surface area contributed by atoms with E-state index >= 15 is 0 Å². The van der Waals surface area contributed by atoms with Crippen molar-refractivity contribution < 1.29 is 8.83 Å². The summed E-state index contributed by atoms with van der Waals surface area (Å²) in [5, 5.41) is 11.8. The summed E-state index contributed by atoms with van der Waals surface area (Å²) in [6, 6.07) is 58.5. The highest BCUT2D eigenvalue weighted by atomic mass is 16.3.